The second kappa shape index (κ2) is 15.9. The number of rotatable bonds is 17. The molecule has 0 saturated carbocycles. The van der Waals surface area contributed by atoms with Crippen molar-refractivity contribution in [3.8, 4) is 0 Å². The molecule has 0 aromatic carbocycles. The van der Waals surface area contributed by atoms with Crippen molar-refractivity contribution < 1.29 is 14.8 Å². The Hall–Kier alpha value is -0.970. The Bertz CT molecular complexity index is 297. The second-order valence-corrected chi connectivity index (χ2v) is 6.49. The third-order valence-corrected chi connectivity index (χ3v) is 4.39. The van der Waals surface area contributed by atoms with Crippen LogP contribution in [0.5, 0.6) is 0 Å². The maximum absolute atomic E-state index is 11.0. The lowest BCUT2D eigenvalue weighted by Gasteiger charge is -2.15. The molecule has 0 fully saturated rings. The Morgan fingerprint density at radius 1 is 0.913 bits per heavy atom. The van der Waals surface area contributed by atoms with Gasteiger partial charge in [0, 0.05) is 17.8 Å². The summed E-state index contributed by atoms with van der Waals surface area (Å²) in [6.45, 7) is 2.21. The van der Waals surface area contributed by atoms with Gasteiger partial charge in [-0.05, 0) is 19.3 Å². The molecule has 0 amide bonds. The number of unbranched alkanes of at least 4 members (excludes halogenated alkanes) is 10. The number of aliphatic hydroxyl groups is 1. The highest BCUT2D eigenvalue weighted by molar-refractivity contribution is 5.48. The van der Waals surface area contributed by atoms with Gasteiger partial charge < -0.3 is 9.90 Å². The lowest BCUT2D eigenvalue weighted by molar-refractivity contribution is -0.535. The molecule has 0 bridgehead atoms. The largest absolute Gasteiger partial charge is 0.386 e. The molecule has 0 spiro atoms. The van der Waals surface area contributed by atoms with E-state index >= 15 is 0 Å². The normalized spacial score (nSPS) is 13.7. The molecular formula is C18H35NO4. The highest BCUT2D eigenvalue weighted by Crippen LogP contribution is 2.16. The molecule has 5 heteroatoms. The van der Waals surface area contributed by atoms with Crippen molar-refractivity contribution in [1.29, 1.82) is 0 Å². The number of nitrogens with zero attached hydrogens (tertiary/aromatic N) is 1. The molecule has 0 aliphatic heterocycles. The SMILES string of the molecule is CCCCCCCCCCCC(O)C(CCCCC=O)[N+](=O)[O-]. The van der Waals surface area contributed by atoms with Gasteiger partial charge in [-0.3, -0.25) is 10.1 Å². The van der Waals surface area contributed by atoms with Gasteiger partial charge in [0.05, 0.1) is 0 Å². The van der Waals surface area contributed by atoms with Crippen LogP contribution in [0, 0.1) is 10.1 Å². The van der Waals surface area contributed by atoms with Crippen LogP contribution < -0.4 is 0 Å². The number of carbonyl (C=O) groups is 1. The predicted molar refractivity (Wildman–Crippen MR) is 93.2 cm³/mol. The second-order valence-electron chi connectivity index (χ2n) is 6.49. The van der Waals surface area contributed by atoms with Crippen LogP contribution in [-0.2, 0) is 4.79 Å². The van der Waals surface area contributed by atoms with Crippen molar-refractivity contribution in [2.45, 2.75) is 109 Å². The van der Waals surface area contributed by atoms with Gasteiger partial charge in [-0.25, -0.2) is 0 Å². The van der Waals surface area contributed by atoms with Gasteiger partial charge >= 0.3 is 0 Å². The average Bonchev–Trinajstić information content (AvgIpc) is 2.52. The zero-order valence-corrected chi connectivity index (χ0v) is 14.8. The minimum absolute atomic E-state index is 0.361. The van der Waals surface area contributed by atoms with Crippen LogP contribution in [0.3, 0.4) is 0 Å². The first-order valence-electron chi connectivity index (χ1n) is 9.38. The van der Waals surface area contributed by atoms with Crippen LogP contribution in [0.25, 0.3) is 0 Å². The molecular weight excluding hydrogens is 294 g/mol. The van der Waals surface area contributed by atoms with E-state index in [9.17, 15) is 20.0 Å². The van der Waals surface area contributed by atoms with Gasteiger partial charge in [0.25, 0.3) is 0 Å². The summed E-state index contributed by atoms with van der Waals surface area (Å²) in [4.78, 5) is 20.9. The maximum Gasteiger partial charge on any atom is 0.238 e. The van der Waals surface area contributed by atoms with Crippen molar-refractivity contribution in [2.75, 3.05) is 0 Å². The number of carbonyl (C=O) groups excluding carboxylic acids is 1. The molecule has 5 nitrogen and oxygen atoms in total. The fourth-order valence-electron chi connectivity index (χ4n) is 2.88. The molecule has 2 unspecified atom stereocenters. The molecule has 0 aliphatic rings. The lowest BCUT2D eigenvalue weighted by Crippen LogP contribution is -2.33. The van der Waals surface area contributed by atoms with Crippen LogP contribution in [-0.4, -0.2) is 28.5 Å². The third kappa shape index (κ3) is 13.2. The van der Waals surface area contributed by atoms with Crippen LogP contribution in [0.15, 0.2) is 0 Å². The predicted octanol–water partition coefficient (Wildman–Crippen LogP) is 4.67. The monoisotopic (exact) mass is 329 g/mol. The standard InChI is InChI=1S/C18H35NO4/c1-2-3-4-5-6-7-8-9-12-15-18(21)17(19(22)23)14-11-10-13-16-20/h16-18,21H,2-15H2,1H3. The van der Waals surface area contributed by atoms with Gasteiger partial charge in [0.2, 0.25) is 6.04 Å². The van der Waals surface area contributed by atoms with Crippen molar-refractivity contribution in [3.63, 3.8) is 0 Å². The lowest BCUT2D eigenvalue weighted by atomic mass is 9.98. The number of hydrogen-bond acceptors (Lipinski definition) is 4. The number of aliphatic hydroxyl groups excluding tert-OH is 1. The molecule has 23 heavy (non-hydrogen) atoms. The summed E-state index contributed by atoms with van der Waals surface area (Å²) in [6, 6.07) is -0.879. The average molecular weight is 329 g/mol. The molecule has 0 rings (SSSR count). The van der Waals surface area contributed by atoms with Gasteiger partial charge in [-0.2, -0.15) is 0 Å². The smallest absolute Gasteiger partial charge is 0.238 e. The van der Waals surface area contributed by atoms with Crippen LogP contribution in [0.1, 0.15) is 96.8 Å². The summed E-state index contributed by atoms with van der Waals surface area (Å²) in [6.07, 6.45) is 13.4. The minimum Gasteiger partial charge on any atom is -0.386 e. The van der Waals surface area contributed by atoms with Crippen LogP contribution >= 0.6 is 0 Å². The van der Waals surface area contributed by atoms with Crippen molar-refractivity contribution in [2.24, 2.45) is 0 Å². The van der Waals surface area contributed by atoms with E-state index in [1.807, 2.05) is 0 Å². The zero-order valence-electron chi connectivity index (χ0n) is 14.8. The van der Waals surface area contributed by atoms with Gasteiger partial charge in [-0.15, -0.1) is 0 Å². The number of aldehydes is 1. The first kappa shape index (κ1) is 22.0. The number of hydrogen-bond donors (Lipinski definition) is 1. The van der Waals surface area contributed by atoms with E-state index in [0.29, 0.717) is 32.1 Å². The van der Waals surface area contributed by atoms with E-state index in [4.69, 9.17) is 0 Å². The first-order chi connectivity index (χ1) is 11.1. The fourth-order valence-corrected chi connectivity index (χ4v) is 2.88. The summed E-state index contributed by atoms with van der Waals surface area (Å²) in [5, 5.41) is 21.1. The minimum atomic E-state index is -0.879. The van der Waals surface area contributed by atoms with E-state index in [1.54, 1.807) is 0 Å². The van der Waals surface area contributed by atoms with Crippen LogP contribution in [0.2, 0.25) is 0 Å². The zero-order chi connectivity index (χ0) is 17.3. The van der Waals surface area contributed by atoms with Gasteiger partial charge in [0.15, 0.2) is 0 Å². The molecule has 136 valence electrons. The quantitative estimate of drug-likeness (QED) is 0.182. The summed E-state index contributed by atoms with van der Waals surface area (Å²) in [5.74, 6) is 0. The molecule has 0 aromatic heterocycles. The third-order valence-electron chi connectivity index (χ3n) is 4.39. The van der Waals surface area contributed by atoms with Gasteiger partial charge in [0.1, 0.15) is 12.4 Å². The van der Waals surface area contributed by atoms with Crippen LogP contribution in [0.4, 0.5) is 0 Å². The summed E-state index contributed by atoms with van der Waals surface area (Å²) < 4.78 is 0. The molecule has 1 N–H and O–H groups in total. The Morgan fingerprint density at radius 2 is 1.43 bits per heavy atom. The molecule has 0 aliphatic carbocycles. The fraction of sp³-hybridized carbons (Fsp3) is 0.944. The van der Waals surface area contributed by atoms with Gasteiger partial charge in [-0.1, -0.05) is 64.7 Å². The highest BCUT2D eigenvalue weighted by Gasteiger charge is 2.28. The molecule has 0 radical (unpaired) electrons. The summed E-state index contributed by atoms with van der Waals surface area (Å²) >= 11 is 0. The van der Waals surface area contributed by atoms with E-state index in [1.165, 1.54) is 38.5 Å². The van der Waals surface area contributed by atoms with E-state index in [0.717, 1.165) is 25.5 Å². The topological polar surface area (TPSA) is 80.4 Å². The Balaban J connectivity index is 3.68. The first-order valence-corrected chi connectivity index (χ1v) is 9.38. The molecule has 2 atom stereocenters. The summed E-state index contributed by atoms with van der Waals surface area (Å²) in [7, 11) is 0. The summed E-state index contributed by atoms with van der Waals surface area (Å²) in [5.41, 5.74) is 0. The van der Waals surface area contributed by atoms with Crippen molar-refractivity contribution >= 4 is 6.29 Å². The van der Waals surface area contributed by atoms with Crippen molar-refractivity contribution in [1.82, 2.24) is 0 Å². The van der Waals surface area contributed by atoms with E-state index in [2.05, 4.69) is 6.92 Å². The van der Waals surface area contributed by atoms with E-state index < -0.39 is 12.1 Å². The Kier molecular flexibility index (Phi) is 15.2. The van der Waals surface area contributed by atoms with E-state index in [-0.39, 0.29) is 4.92 Å². The Morgan fingerprint density at radius 3 is 1.96 bits per heavy atom. The molecule has 0 saturated heterocycles. The Labute approximate surface area is 141 Å². The molecule has 0 heterocycles. The maximum atomic E-state index is 11.0. The highest BCUT2D eigenvalue weighted by atomic mass is 16.6. The van der Waals surface area contributed by atoms with Crippen molar-refractivity contribution in [3.05, 3.63) is 10.1 Å². The number of nitro groups is 1. The molecule has 0 aromatic rings.